The van der Waals surface area contributed by atoms with E-state index in [0.29, 0.717) is 17.9 Å². The molecule has 0 atom stereocenters. The van der Waals surface area contributed by atoms with Crippen LogP contribution in [0.2, 0.25) is 0 Å². The highest BCUT2D eigenvalue weighted by Crippen LogP contribution is 2.31. The van der Waals surface area contributed by atoms with Gasteiger partial charge in [0, 0.05) is 31.8 Å². The van der Waals surface area contributed by atoms with Gasteiger partial charge in [-0.3, -0.25) is 9.59 Å². The number of esters is 1. The van der Waals surface area contributed by atoms with E-state index in [1.165, 1.54) is 19.1 Å². The minimum Gasteiger partial charge on any atom is -0.425 e. The topological polar surface area (TPSA) is 80.3 Å². The van der Waals surface area contributed by atoms with Crippen LogP contribution in [0.4, 0.5) is 19.0 Å². The van der Waals surface area contributed by atoms with Crippen molar-refractivity contribution in [2.75, 3.05) is 18.4 Å². The van der Waals surface area contributed by atoms with Gasteiger partial charge in [0.25, 0.3) is 5.91 Å². The van der Waals surface area contributed by atoms with Crippen LogP contribution in [-0.2, 0) is 11.0 Å². The molecule has 0 aliphatic carbocycles. The first kappa shape index (κ1) is 27.9. The quantitative estimate of drug-likeness (QED) is 0.284. The normalized spacial score (nSPS) is 10.2. The van der Waals surface area contributed by atoms with E-state index in [1.54, 1.807) is 25.3 Å². The summed E-state index contributed by atoms with van der Waals surface area (Å²) in [5.74, 6) is 6.24. The third-order valence-corrected chi connectivity index (χ3v) is 4.42. The molecule has 0 fully saturated rings. The Kier molecular flexibility index (Phi) is 10.5. The van der Waals surface area contributed by atoms with Crippen LogP contribution in [0.5, 0.6) is 5.75 Å². The lowest BCUT2D eigenvalue weighted by Crippen LogP contribution is -2.25. The number of carbonyl (C=O) groups is 2. The minimum atomic E-state index is -4.50. The van der Waals surface area contributed by atoms with Crippen molar-refractivity contribution in [3.63, 3.8) is 0 Å². The number of rotatable bonds is 5. The number of carbonyl (C=O) groups excluding carboxylic acids is 2. The highest BCUT2D eigenvalue weighted by atomic mass is 19.4. The monoisotopic (exact) mass is 497 g/mol. The van der Waals surface area contributed by atoms with Gasteiger partial charge in [0.1, 0.15) is 11.6 Å². The van der Waals surface area contributed by atoms with Crippen molar-refractivity contribution in [3.8, 4) is 17.6 Å². The van der Waals surface area contributed by atoms with E-state index in [1.807, 2.05) is 31.2 Å². The maximum absolute atomic E-state index is 12.5. The highest BCUT2D eigenvalue weighted by Gasteiger charge is 2.34. The first-order valence-corrected chi connectivity index (χ1v) is 11.1. The van der Waals surface area contributed by atoms with Gasteiger partial charge in [0.05, 0.1) is 16.7 Å². The van der Waals surface area contributed by atoms with Gasteiger partial charge in [0.2, 0.25) is 0 Å². The van der Waals surface area contributed by atoms with Crippen LogP contribution in [0.3, 0.4) is 0 Å². The number of halogens is 3. The molecule has 0 bridgehead atoms. The molecular weight excluding hydrogens is 471 g/mol. The van der Waals surface area contributed by atoms with Crippen molar-refractivity contribution < 1.29 is 27.5 Å². The van der Waals surface area contributed by atoms with E-state index in [-0.39, 0.29) is 11.5 Å². The predicted octanol–water partition coefficient (Wildman–Crippen LogP) is 5.29. The van der Waals surface area contributed by atoms with Gasteiger partial charge in [-0.1, -0.05) is 36.1 Å². The van der Waals surface area contributed by atoms with Crippen molar-refractivity contribution in [2.24, 2.45) is 0 Å². The molecule has 0 saturated carbocycles. The number of pyridine rings is 1. The molecule has 1 aromatic heterocycles. The summed E-state index contributed by atoms with van der Waals surface area (Å²) in [5, 5.41) is 5.46. The van der Waals surface area contributed by atoms with Crippen LogP contribution >= 0.6 is 0 Å². The summed E-state index contributed by atoms with van der Waals surface area (Å²) in [4.78, 5) is 26.6. The fraction of sp³-hybridized carbons (Fsp3) is 0.222. The molecule has 9 heteroatoms. The first-order valence-electron chi connectivity index (χ1n) is 11.1. The molecule has 0 radical (unpaired) electrons. The Morgan fingerprint density at radius 2 is 1.64 bits per heavy atom. The second-order valence-electron chi connectivity index (χ2n) is 7.21. The van der Waals surface area contributed by atoms with Crippen LogP contribution in [0.1, 0.15) is 47.8 Å². The molecule has 3 aromatic rings. The molecule has 0 spiro atoms. The lowest BCUT2D eigenvalue weighted by molar-refractivity contribution is -0.138. The summed E-state index contributed by atoms with van der Waals surface area (Å²) < 4.78 is 42.5. The van der Waals surface area contributed by atoms with E-state index in [4.69, 9.17) is 4.74 Å². The van der Waals surface area contributed by atoms with Crippen LogP contribution in [0.15, 0.2) is 66.9 Å². The fourth-order valence-electron chi connectivity index (χ4n) is 2.89. The Balaban J connectivity index is 0.000000269. The fourth-order valence-corrected chi connectivity index (χ4v) is 2.89. The van der Waals surface area contributed by atoms with E-state index in [0.717, 1.165) is 30.1 Å². The molecule has 2 N–H and O–H groups in total. The molecule has 2 aromatic carbocycles. The van der Waals surface area contributed by atoms with Gasteiger partial charge in [-0.25, -0.2) is 4.98 Å². The zero-order valence-corrected chi connectivity index (χ0v) is 20.1. The number of anilines is 1. The van der Waals surface area contributed by atoms with E-state index >= 15 is 0 Å². The molecule has 6 nitrogen and oxygen atoms in total. The summed E-state index contributed by atoms with van der Waals surface area (Å²) in [6.07, 6.45) is -2.79. The number of amides is 1. The van der Waals surface area contributed by atoms with Gasteiger partial charge >= 0.3 is 12.1 Å². The zero-order valence-electron chi connectivity index (χ0n) is 20.1. The lowest BCUT2D eigenvalue weighted by atomic mass is 10.1. The first-order chi connectivity index (χ1) is 17.2. The maximum atomic E-state index is 12.5. The minimum absolute atomic E-state index is 0.297. The summed E-state index contributed by atoms with van der Waals surface area (Å²) in [6.45, 7) is 6.15. The van der Waals surface area contributed by atoms with Gasteiger partial charge < -0.3 is 15.4 Å². The molecule has 0 saturated heterocycles. The number of para-hydroxylation sites is 1. The van der Waals surface area contributed by atoms with Crippen LogP contribution < -0.4 is 15.4 Å². The average Bonchev–Trinajstić information content (AvgIpc) is 2.84. The molecular formula is C27H26F3N3O3. The Hall–Kier alpha value is -4.32. The highest BCUT2D eigenvalue weighted by molar-refractivity contribution is 5.95. The van der Waals surface area contributed by atoms with E-state index < -0.39 is 17.6 Å². The number of aromatic nitrogens is 1. The molecule has 0 unspecified atom stereocenters. The molecule has 36 heavy (non-hydrogen) atoms. The lowest BCUT2D eigenvalue weighted by Gasteiger charge is -2.11. The summed E-state index contributed by atoms with van der Waals surface area (Å²) in [5.41, 5.74) is 0.223. The second kappa shape index (κ2) is 13.5. The third kappa shape index (κ3) is 8.80. The van der Waals surface area contributed by atoms with Gasteiger partial charge in [0.15, 0.2) is 0 Å². The Bertz CT molecular complexity index is 1230. The van der Waals surface area contributed by atoms with Gasteiger partial charge in [-0.2, -0.15) is 13.2 Å². The van der Waals surface area contributed by atoms with Crippen molar-refractivity contribution in [1.29, 1.82) is 0 Å². The van der Waals surface area contributed by atoms with Crippen LogP contribution in [0.25, 0.3) is 0 Å². The smallest absolute Gasteiger partial charge is 0.417 e. The largest absolute Gasteiger partial charge is 0.425 e. The number of nitrogens with zero attached hydrogens (tertiary/aromatic N) is 1. The molecule has 3 rings (SSSR count). The van der Waals surface area contributed by atoms with Crippen LogP contribution in [0, 0.1) is 11.8 Å². The number of alkyl halides is 3. The van der Waals surface area contributed by atoms with Gasteiger partial charge in [-0.05, 0) is 50.2 Å². The summed E-state index contributed by atoms with van der Waals surface area (Å²) in [6, 6.07) is 15.7. The Morgan fingerprint density at radius 1 is 0.944 bits per heavy atom. The number of nitrogens with one attached hydrogen (secondary N) is 2. The van der Waals surface area contributed by atoms with Crippen molar-refractivity contribution in [2.45, 2.75) is 26.9 Å². The van der Waals surface area contributed by atoms with Gasteiger partial charge in [-0.15, -0.1) is 0 Å². The van der Waals surface area contributed by atoms with Crippen molar-refractivity contribution in [1.82, 2.24) is 10.3 Å². The maximum Gasteiger partial charge on any atom is 0.417 e. The molecule has 1 heterocycles. The van der Waals surface area contributed by atoms with E-state index in [2.05, 4.69) is 27.5 Å². The molecule has 1 amide bonds. The number of benzene rings is 2. The van der Waals surface area contributed by atoms with Crippen LogP contribution in [-0.4, -0.2) is 29.9 Å². The predicted molar refractivity (Wildman–Crippen MR) is 132 cm³/mol. The van der Waals surface area contributed by atoms with Crippen molar-refractivity contribution >= 4 is 17.7 Å². The number of hydrogen-bond donors (Lipinski definition) is 2. The molecule has 0 aliphatic heterocycles. The molecule has 188 valence electrons. The zero-order chi connectivity index (χ0) is 26.6. The SMILES string of the molecule is CCNC(=O)c1ccccc1C(F)(F)F.CCNc1ccc(C#Cc2ccccc2OC(C)=O)cn1. The summed E-state index contributed by atoms with van der Waals surface area (Å²) in [7, 11) is 0. The third-order valence-electron chi connectivity index (χ3n) is 4.42. The molecule has 0 aliphatic rings. The summed E-state index contributed by atoms with van der Waals surface area (Å²) >= 11 is 0. The average molecular weight is 498 g/mol. The van der Waals surface area contributed by atoms with Crippen molar-refractivity contribution in [3.05, 3.63) is 89.1 Å². The second-order valence-corrected chi connectivity index (χ2v) is 7.21. The number of ether oxygens (including phenoxy) is 1. The standard InChI is InChI=1S/C17H16N2O2.C10H10F3NO/c1-3-18-17-11-9-14(12-19-17)8-10-15-6-4-5-7-16(15)21-13(2)20;1-2-14-9(15)7-5-3-4-6-8(7)10(11,12)13/h4-7,9,11-12H,3H2,1-2H3,(H,18,19);3-6H,2H2,1H3,(H,14,15). The Morgan fingerprint density at radius 3 is 2.25 bits per heavy atom. The van der Waals surface area contributed by atoms with E-state index in [9.17, 15) is 22.8 Å². The Labute approximate surface area is 207 Å². The number of hydrogen-bond acceptors (Lipinski definition) is 5.